The van der Waals surface area contributed by atoms with Crippen LogP contribution in [0.15, 0.2) is 24.3 Å². The molecule has 0 bridgehead atoms. The van der Waals surface area contributed by atoms with E-state index in [1.54, 1.807) is 0 Å². The highest BCUT2D eigenvalue weighted by Gasteiger charge is 2.50. The molecule has 1 saturated carbocycles. The van der Waals surface area contributed by atoms with E-state index in [0.717, 1.165) is 30.8 Å². The topological polar surface area (TPSA) is 20.3 Å². The number of carbonyl (C=O) groups is 1. The van der Waals surface area contributed by atoms with Gasteiger partial charge in [0.2, 0.25) is 0 Å². The van der Waals surface area contributed by atoms with Crippen LogP contribution in [0.25, 0.3) is 0 Å². The lowest BCUT2D eigenvalue weighted by Gasteiger charge is -2.41. The van der Waals surface area contributed by atoms with Crippen molar-refractivity contribution < 1.29 is 4.79 Å². The van der Waals surface area contributed by atoms with Crippen LogP contribution < -0.4 is 4.90 Å². The molecule has 2 aliphatic rings. The molecule has 1 aromatic rings. The molecular formula is C18H24ClNO. The van der Waals surface area contributed by atoms with Crippen LogP contribution in [0.2, 0.25) is 5.02 Å². The van der Waals surface area contributed by atoms with Gasteiger partial charge in [0, 0.05) is 35.6 Å². The van der Waals surface area contributed by atoms with Crippen molar-refractivity contribution in [1.82, 2.24) is 0 Å². The number of ketones is 1. The van der Waals surface area contributed by atoms with Crippen LogP contribution in [0.4, 0.5) is 5.69 Å². The molecule has 2 nitrogen and oxygen atoms in total. The van der Waals surface area contributed by atoms with Gasteiger partial charge in [-0.1, -0.05) is 38.8 Å². The number of carbonyl (C=O) groups excluding carboxylic acids is 1. The third kappa shape index (κ3) is 2.70. The van der Waals surface area contributed by atoms with Gasteiger partial charge in [0.15, 0.2) is 0 Å². The Morgan fingerprint density at radius 3 is 2.57 bits per heavy atom. The summed E-state index contributed by atoms with van der Waals surface area (Å²) < 4.78 is 0. The first-order valence-electron chi connectivity index (χ1n) is 7.96. The number of nitrogens with zero attached hydrogens (tertiary/aromatic N) is 1. The Morgan fingerprint density at radius 2 is 1.95 bits per heavy atom. The first-order chi connectivity index (χ1) is 9.91. The fraction of sp³-hybridized carbons (Fsp3) is 0.611. The third-order valence-electron chi connectivity index (χ3n) is 5.22. The molecule has 21 heavy (non-hydrogen) atoms. The molecule has 1 heterocycles. The predicted octanol–water partition coefficient (Wildman–Crippen LogP) is 4.56. The Hall–Kier alpha value is -1.02. The summed E-state index contributed by atoms with van der Waals surface area (Å²) in [7, 11) is 0. The Balaban J connectivity index is 1.94. The van der Waals surface area contributed by atoms with E-state index in [4.69, 9.17) is 11.6 Å². The summed E-state index contributed by atoms with van der Waals surface area (Å²) in [6.07, 6.45) is 2.92. The summed E-state index contributed by atoms with van der Waals surface area (Å²) in [6.45, 7) is 7.65. The Bertz CT molecular complexity index is 537. The fourth-order valence-corrected chi connectivity index (χ4v) is 4.39. The van der Waals surface area contributed by atoms with Gasteiger partial charge in [-0.3, -0.25) is 4.79 Å². The molecular weight excluding hydrogens is 282 g/mol. The maximum absolute atomic E-state index is 12.6. The van der Waals surface area contributed by atoms with Gasteiger partial charge in [0.25, 0.3) is 0 Å². The Morgan fingerprint density at radius 1 is 1.29 bits per heavy atom. The van der Waals surface area contributed by atoms with Gasteiger partial charge >= 0.3 is 0 Å². The molecule has 3 unspecified atom stereocenters. The number of fused-ring (bicyclic) bond motifs is 1. The van der Waals surface area contributed by atoms with Gasteiger partial charge in [-0.15, -0.1) is 0 Å². The van der Waals surface area contributed by atoms with Gasteiger partial charge in [-0.05, 0) is 42.0 Å². The number of benzene rings is 1. The summed E-state index contributed by atoms with van der Waals surface area (Å²) >= 11 is 6.01. The highest BCUT2D eigenvalue weighted by molar-refractivity contribution is 6.30. The second-order valence-corrected chi connectivity index (χ2v) is 7.84. The molecule has 0 spiro atoms. The van der Waals surface area contributed by atoms with Crippen molar-refractivity contribution in [3.05, 3.63) is 29.3 Å². The first kappa shape index (κ1) is 14.9. The number of halogens is 1. The molecule has 0 aromatic heterocycles. The molecule has 1 aliphatic carbocycles. The van der Waals surface area contributed by atoms with Gasteiger partial charge in [0.1, 0.15) is 5.78 Å². The normalized spacial score (nSPS) is 31.3. The van der Waals surface area contributed by atoms with E-state index in [9.17, 15) is 4.79 Å². The quantitative estimate of drug-likeness (QED) is 0.798. The van der Waals surface area contributed by atoms with Crippen LogP contribution >= 0.6 is 11.6 Å². The molecule has 3 atom stereocenters. The number of hydrogen-bond acceptors (Lipinski definition) is 2. The van der Waals surface area contributed by atoms with E-state index < -0.39 is 0 Å². The predicted molar refractivity (Wildman–Crippen MR) is 87.9 cm³/mol. The van der Waals surface area contributed by atoms with Crippen LogP contribution in [0.5, 0.6) is 0 Å². The Kier molecular flexibility index (Phi) is 3.77. The molecule has 0 amide bonds. The molecule has 1 aromatic carbocycles. The summed E-state index contributed by atoms with van der Waals surface area (Å²) in [4.78, 5) is 15.1. The molecule has 2 fully saturated rings. The summed E-state index contributed by atoms with van der Waals surface area (Å²) in [6, 6.07) is 8.42. The lowest BCUT2D eigenvalue weighted by Crippen LogP contribution is -2.45. The standard InChI is InChI=1S/C18H24ClNO/c1-4-12-11-20(14-7-5-13(19)6-8-14)15-9-18(2,3)10-16(21)17(12)15/h5-8,12,15,17H,4,9-11H2,1-3H3. The highest BCUT2D eigenvalue weighted by Crippen LogP contribution is 2.47. The minimum Gasteiger partial charge on any atom is -0.367 e. The molecule has 114 valence electrons. The van der Waals surface area contributed by atoms with E-state index in [2.05, 4.69) is 37.8 Å². The van der Waals surface area contributed by atoms with Crippen molar-refractivity contribution in [2.45, 2.75) is 46.1 Å². The van der Waals surface area contributed by atoms with Crippen molar-refractivity contribution in [1.29, 1.82) is 0 Å². The van der Waals surface area contributed by atoms with E-state index in [1.807, 2.05) is 12.1 Å². The maximum atomic E-state index is 12.6. The molecule has 0 N–H and O–H groups in total. The summed E-state index contributed by atoms with van der Waals surface area (Å²) in [5.41, 5.74) is 1.32. The molecule has 3 heteroatoms. The van der Waals surface area contributed by atoms with Crippen molar-refractivity contribution in [3.63, 3.8) is 0 Å². The number of rotatable bonds is 2. The summed E-state index contributed by atoms with van der Waals surface area (Å²) in [5, 5.41) is 0.765. The van der Waals surface area contributed by atoms with Crippen molar-refractivity contribution in [2.24, 2.45) is 17.3 Å². The second kappa shape index (κ2) is 5.31. The van der Waals surface area contributed by atoms with Crippen LogP contribution in [-0.2, 0) is 4.79 Å². The van der Waals surface area contributed by atoms with E-state index >= 15 is 0 Å². The zero-order valence-electron chi connectivity index (χ0n) is 13.1. The molecule has 1 aliphatic heterocycles. The van der Waals surface area contributed by atoms with Gasteiger partial charge in [-0.25, -0.2) is 0 Å². The monoisotopic (exact) mass is 305 g/mol. The fourth-order valence-electron chi connectivity index (χ4n) is 4.26. The van der Waals surface area contributed by atoms with Crippen LogP contribution in [0.1, 0.15) is 40.0 Å². The van der Waals surface area contributed by atoms with Gasteiger partial charge in [-0.2, -0.15) is 0 Å². The second-order valence-electron chi connectivity index (χ2n) is 7.40. The number of anilines is 1. The SMILES string of the molecule is CCC1CN(c2ccc(Cl)cc2)C2CC(C)(C)CC(=O)C12. The average molecular weight is 306 g/mol. The molecule has 3 rings (SSSR count). The zero-order chi connectivity index (χ0) is 15.2. The smallest absolute Gasteiger partial charge is 0.138 e. The first-order valence-corrected chi connectivity index (χ1v) is 8.34. The minimum atomic E-state index is 0.117. The Labute approximate surface area is 132 Å². The largest absolute Gasteiger partial charge is 0.367 e. The van der Waals surface area contributed by atoms with E-state index in [0.29, 0.717) is 17.7 Å². The zero-order valence-corrected chi connectivity index (χ0v) is 13.9. The van der Waals surface area contributed by atoms with E-state index in [-0.39, 0.29) is 11.3 Å². The van der Waals surface area contributed by atoms with Gasteiger partial charge < -0.3 is 4.90 Å². The molecule has 0 radical (unpaired) electrons. The summed E-state index contributed by atoms with van der Waals surface area (Å²) in [5.74, 6) is 1.19. The van der Waals surface area contributed by atoms with Crippen molar-refractivity contribution in [2.75, 3.05) is 11.4 Å². The number of Topliss-reactive ketones (excluding diaryl/α,β-unsaturated/α-hetero) is 1. The third-order valence-corrected chi connectivity index (χ3v) is 5.47. The molecule has 1 saturated heterocycles. The minimum absolute atomic E-state index is 0.117. The van der Waals surface area contributed by atoms with Crippen molar-refractivity contribution in [3.8, 4) is 0 Å². The van der Waals surface area contributed by atoms with Crippen LogP contribution in [0.3, 0.4) is 0 Å². The lowest BCUT2D eigenvalue weighted by molar-refractivity contribution is -0.129. The van der Waals surface area contributed by atoms with Crippen molar-refractivity contribution >= 4 is 23.1 Å². The number of hydrogen-bond donors (Lipinski definition) is 0. The maximum Gasteiger partial charge on any atom is 0.138 e. The van der Waals surface area contributed by atoms with Crippen LogP contribution in [0, 0.1) is 17.3 Å². The van der Waals surface area contributed by atoms with Gasteiger partial charge in [0.05, 0.1) is 0 Å². The highest BCUT2D eigenvalue weighted by atomic mass is 35.5. The average Bonchev–Trinajstić information content (AvgIpc) is 2.77. The van der Waals surface area contributed by atoms with Crippen LogP contribution in [-0.4, -0.2) is 18.4 Å². The van der Waals surface area contributed by atoms with E-state index in [1.165, 1.54) is 5.69 Å². The lowest BCUT2D eigenvalue weighted by atomic mass is 9.67.